The van der Waals surface area contributed by atoms with Gasteiger partial charge in [0, 0.05) is 11.4 Å². The van der Waals surface area contributed by atoms with Crippen LogP contribution < -0.4 is 10.9 Å². The summed E-state index contributed by atoms with van der Waals surface area (Å²) in [6.07, 6.45) is 3.87. The molecular formula is C25H27N3O6S. The van der Waals surface area contributed by atoms with Gasteiger partial charge in [-0.3, -0.25) is 19.0 Å². The number of benzene rings is 1. The molecule has 10 heteroatoms. The molecule has 2 aromatic heterocycles. The number of aryl methyl sites for hydroxylation is 1. The van der Waals surface area contributed by atoms with E-state index < -0.39 is 24.5 Å². The number of carbonyl (C=O) groups is 3. The lowest BCUT2D eigenvalue weighted by molar-refractivity contribution is -0.147. The molecule has 1 N–H and O–H groups in total. The summed E-state index contributed by atoms with van der Waals surface area (Å²) < 4.78 is 11.6. The molecule has 1 aliphatic carbocycles. The van der Waals surface area contributed by atoms with Crippen LogP contribution in [-0.4, -0.2) is 40.6 Å². The normalized spacial score (nSPS) is 14.9. The number of ether oxygens (including phenoxy) is 2. The summed E-state index contributed by atoms with van der Waals surface area (Å²) in [6.45, 7) is 3.72. The van der Waals surface area contributed by atoms with E-state index >= 15 is 0 Å². The highest BCUT2D eigenvalue weighted by molar-refractivity contribution is 7.17. The van der Waals surface area contributed by atoms with E-state index in [1.807, 2.05) is 0 Å². The molecular weight excluding hydrogens is 470 g/mol. The van der Waals surface area contributed by atoms with Crippen molar-refractivity contribution in [1.29, 1.82) is 0 Å². The number of carbonyl (C=O) groups excluding carboxylic acids is 3. The summed E-state index contributed by atoms with van der Waals surface area (Å²) in [7, 11) is 0. The molecule has 1 aliphatic rings. The lowest BCUT2D eigenvalue weighted by Crippen LogP contribution is -2.24. The molecule has 35 heavy (non-hydrogen) atoms. The largest absolute Gasteiger partial charge is 0.462 e. The van der Waals surface area contributed by atoms with Crippen LogP contribution in [0, 0.1) is 5.92 Å². The Labute approximate surface area is 206 Å². The van der Waals surface area contributed by atoms with E-state index in [1.165, 1.54) is 22.2 Å². The van der Waals surface area contributed by atoms with Crippen LogP contribution >= 0.6 is 11.3 Å². The van der Waals surface area contributed by atoms with Crippen molar-refractivity contribution in [1.82, 2.24) is 9.55 Å². The van der Waals surface area contributed by atoms with Gasteiger partial charge in [0.25, 0.3) is 11.5 Å². The van der Waals surface area contributed by atoms with E-state index in [9.17, 15) is 19.2 Å². The first-order chi connectivity index (χ1) is 16.9. The van der Waals surface area contributed by atoms with Gasteiger partial charge in [-0.25, -0.2) is 9.78 Å². The third kappa shape index (κ3) is 5.59. The maximum atomic E-state index is 12.6. The SMILES string of the molecule is CCOC(=O)c1c(NC(=O)COC(=O)CCn2cnc3ccccc3c2=O)sc2c1CCC(C)C2. The molecule has 1 atom stereocenters. The molecule has 1 aromatic carbocycles. The summed E-state index contributed by atoms with van der Waals surface area (Å²) in [5.41, 5.74) is 1.68. The van der Waals surface area contributed by atoms with Crippen LogP contribution in [0.1, 0.15) is 47.5 Å². The summed E-state index contributed by atoms with van der Waals surface area (Å²) in [4.78, 5) is 55.1. The Hall–Kier alpha value is -3.53. The highest BCUT2D eigenvalue weighted by atomic mass is 32.1. The average molecular weight is 498 g/mol. The number of rotatable bonds is 8. The molecule has 3 aromatic rings. The average Bonchev–Trinajstić information content (AvgIpc) is 3.19. The predicted molar refractivity (Wildman–Crippen MR) is 132 cm³/mol. The van der Waals surface area contributed by atoms with E-state index in [1.54, 1.807) is 31.2 Å². The van der Waals surface area contributed by atoms with E-state index in [0.717, 1.165) is 29.7 Å². The molecule has 0 spiro atoms. The molecule has 0 saturated carbocycles. The van der Waals surface area contributed by atoms with Crippen molar-refractivity contribution in [2.75, 3.05) is 18.5 Å². The van der Waals surface area contributed by atoms with Crippen LogP contribution in [0.2, 0.25) is 0 Å². The molecule has 0 radical (unpaired) electrons. The zero-order chi connectivity index (χ0) is 24.9. The Morgan fingerprint density at radius 3 is 2.83 bits per heavy atom. The molecule has 0 aliphatic heterocycles. The topological polar surface area (TPSA) is 117 Å². The number of nitrogens with one attached hydrogen (secondary N) is 1. The highest BCUT2D eigenvalue weighted by Crippen LogP contribution is 2.40. The molecule has 4 rings (SSSR count). The van der Waals surface area contributed by atoms with Crippen LogP contribution in [-0.2, 0) is 38.4 Å². The minimum absolute atomic E-state index is 0.0833. The second-order valence-corrected chi connectivity index (χ2v) is 9.60. The molecule has 1 amide bonds. The maximum Gasteiger partial charge on any atom is 0.341 e. The van der Waals surface area contributed by atoms with Crippen LogP contribution in [0.25, 0.3) is 10.9 Å². The van der Waals surface area contributed by atoms with Gasteiger partial charge in [0.2, 0.25) is 0 Å². The molecule has 0 saturated heterocycles. The van der Waals surface area contributed by atoms with Crippen molar-refractivity contribution in [3.05, 3.63) is 57.0 Å². The standard InChI is InChI=1S/C25H27N3O6S/c1-3-33-25(32)22-17-9-8-15(2)12-19(17)35-23(22)27-20(29)13-34-21(30)10-11-28-14-26-18-7-5-4-6-16(18)24(28)31/h4-7,14-15H,3,8-13H2,1-2H3,(H,27,29). The lowest BCUT2D eigenvalue weighted by Gasteiger charge is -2.18. The second-order valence-electron chi connectivity index (χ2n) is 8.50. The first-order valence-electron chi connectivity index (χ1n) is 11.6. The van der Waals surface area contributed by atoms with E-state index in [4.69, 9.17) is 9.47 Å². The van der Waals surface area contributed by atoms with Gasteiger partial charge in [0.15, 0.2) is 6.61 Å². The van der Waals surface area contributed by atoms with Gasteiger partial charge in [-0.15, -0.1) is 11.3 Å². The van der Waals surface area contributed by atoms with Gasteiger partial charge < -0.3 is 14.8 Å². The van der Waals surface area contributed by atoms with Gasteiger partial charge in [0.1, 0.15) is 5.00 Å². The third-order valence-electron chi connectivity index (χ3n) is 5.90. The zero-order valence-electron chi connectivity index (χ0n) is 19.7. The fraction of sp³-hybridized carbons (Fsp3) is 0.400. The number of aromatic nitrogens is 2. The number of hydrogen-bond donors (Lipinski definition) is 1. The lowest BCUT2D eigenvalue weighted by atomic mass is 9.88. The fourth-order valence-corrected chi connectivity index (χ4v) is 5.53. The smallest absolute Gasteiger partial charge is 0.341 e. The number of para-hydroxylation sites is 1. The Morgan fingerprint density at radius 2 is 2.03 bits per heavy atom. The van der Waals surface area contributed by atoms with Crippen LogP contribution in [0.15, 0.2) is 35.4 Å². The van der Waals surface area contributed by atoms with Crippen molar-refractivity contribution in [3.63, 3.8) is 0 Å². The Morgan fingerprint density at radius 1 is 1.23 bits per heavy atom. The van der Waals surface area contributed by atoms with Gasteiger partial charge >= 0.3 is 11.9 Å². The summed E-state index contributed by atoms with van der Waals surface area (Å²) in [6, 6.07) is 6.97. The number of hydrogen-bond acceptors (Lipinski definition) is 8. The van der Waals surface area contributed by atoms with Crippen LogP contribution in [0.3, 0.4) is 0 Å². The van der Waals surface area contributed by atoms with Crippen molar-refractivity contribution in [3.8, 4) is 0 Å². The number of nitrogens with zero attached hydrogens (tertiary/aromatic N) is 2. The minimum atomic E-state index is -0.620. The van der Waals surface area contributed by atoms with Crippen molar-refractivity contribution >= 4 is 45.1 Å². The quantitative estimate of drug-likeness (QED) is 0.475. The Kier molecular flexibility index (Phi) is 7.60. The van der Waals surface area contributed by atoms with Gasteiger partial charge in [-0.1, -0.05) is 19.1 Å². The van der Waals surface area contributed by atoms with Gasteiger partial charge in [0.05, 0.1) is 35.8 Å². The number of fused-ring (bicyclic) bond motifs is 2. The van der Waals surface area contributed by atoms with Crippen LogP contribution in [0.4, 0.5) is 5.00 Å². The fourth-order valence-electron chi connectivity index (χ4n) is 4.12. The number of thiophene rings is 1. The second kappa shape index (κ2) is 10.8. The molecule has 2 heterocycles. The first-order valence-corrected chi connectivity index (χ1v) is 12.4. The van der Waals surface area contributed by atoms with E-state index in [0.29, 0.717) is 27.4 Å². The number of anilines is 1. The van der Waals surface area contributed by atoms with Crippen molar-refractivity contribution in [2.24, 2.45) is 5.92 Å². The maximum absolute atomic E-state index is 12.6. The number of amides is 1. The monoisotopic (exact) mass is 497 g/mol. The number of esters is 2. The predicted octanol–water partition coefficient (Wildman–Crippen LogP) is 3.33. The van der Waals surface area contributed by atoms with Crippen molar-refractivity contribution < 1.29 is 23.9 Å². The highest BCUT2D eigenvalue weighted by Gasteiger charge is 2.29. The Balaban J connectivity index is 1.35. The van der Waals surface area contributed by atoms with Crippen LogP contribution in [0.5, 0.6) is 0 Å². The van der Waals surface area contributed by atoms with E-state index in [-0.39, 0.29) is 25.1 Å². The molecule has 0 fully saturated rings. The van der Waals surface area contributed by atoms with Gasteiger partial charge in [-0.05, 0) is 49.8 Å². The molecule has 9 nitrogen and oxygen atoms in total. The minimum Gasteiger partial charge on any atom is -0.462 e. The zero-order valence-corrected chi connectivity index (χ0v) is 20.5. The summed E-state index contributed by atoms with van der Waals surface area (Å²) in [5, 5.41) is 3.61. The van der Waals surface area contributed by atoms with Crippen molar-refractivity contribution in [2.45, 2.75) is 46.1 Å². The van der Waals surface area contributed by atoms with Gasteiger partial charge in [-0.2, -0.15) is 0 Å². The Bertz CT molecular complexity index is 1330. The third-order valence-corrected chi connectivity index (χ3v) is 7.07. The molecule has 0 bridgehead atoms. The first kappa shape index (κ1) is 24.6. The summed E-state index contributed by atoms with van der Waals surface area (Å²) >= 11 is 1.37. The molecule has 184 valence electrons. The van der Waals surface area contributed by atoms with E-state index in [2.05, 4.69) is 17.2 Å². The molecule has 1 unspecified atom stereocenters. The summed E-state index contributed by atoms with van der Waals surface area (Å²) in [5.74, 6) is -1.11.